The van der Waals surface area contributed by atoms with Crippen molar-refractivity contribution in [2.24, 2.45) is 0 Å². The van der Waals surface area contributed by atoms with E-state index in [1.807, 2.05) is 14.1 Å². The Bertz CT molecular complexity index is 333. The topological polar surface area (TPSA) is 41.0 Å². The summed E-state index contributed by atoms with van der Waals surface area (Å²) in [6, 6.07) is 0. The Morgan fingerprint density at radius 1 is 1.44 bits per heavy atom. The predicted octanol–water partition coefficient (Wildman–Crippen LogP) is 2.02. The van der Waals surface area contributed by atoms with Gasteiger partial charge in [0.05, 0.1) is 6.20 Å². The Labute approximate surface area is 99.8 Å². The number of nitrogens with zero attached hydrogens (tertiary/aromatic N) is 3. The summed E-state index contributed by atoms with van der Waals surface area (Å²) in [6.45, 7) is 1.70. The molecule has 1 rings (SSSR count). The molecule has 4 nitrogen and oxygen atoms in total. The average Bonchev–Trinajstić information content (AvgIpc) is 2.22. The summed E-state index contributed by atoms with van der Waals surface area (Å²) < 4.78 is 13.2. The van der Waals surface area contributed by atoms with Crippen molar-refractivity contribution in [1.82, 2.24) is 14.9 Å². The first-order valence-corrected chi connectivity index (χ1v) is 5.54. The first kappa shape index (κ1) is 13.1. The summed E-state index contributed by atoms with van der Waals surface area (Å²) in [5.74, 6) is -0.304. The largest absolute Gasteiger partial charge is 0.367 e. The number of hydrogen-bond acceptors (Lipinski definition) is 4. The van der Waals surface area contributed by atoms with Crippen LogP contribution in [-0.2, 0) is 0 Å². The molecule has 1 aromatic rings. The van der Waals surface area contributed by atoms with Crippen molar-refractivity contribution < 1.29 is 4.39 Å². The van der Waals surface area contributed by atoms with Gasteiger partial charge in [-0.2, -0.15) is 4.98 Å². The van der Waals surface area contributed by atoms with Crippen molar-refractivity contribution in [3.63, 3.8) is 0 Å². The molecule has 0 atom stereocenters. The molecule has 0 saturated heterocycles. The van der Waals surface area contributed by atoms with E-state index in [-0.39, 0.29) is 11.1 Å². The number of halogens is 2. The fourth-order valence-electron chi connectivity index (χ4n) is 1.23. The molecule has 0 unspecified atom stereocenters. The highest BCUT2D eigenvalue weighted by atomic mass is 35.5. The van der Waals surface area contributed by atoms with Crippen LogP contribution in [0.15, 0.2) is 6.20 Å². The highest BCUT2D eigenvalue weighted by Crippen LogP contribution is 2.11. The summed E-state index contributed by atoms with van der Waals surface area (Å²) in [6.07, 6.45) is 3.08. The van der Waals surface area contributed by atoms with E-state index in [4.69, 9.17) is 11.6 Å². The molecule has 0 saturated carbocycles. The molecule has 0 amide bonds. The third-order valence-corrected chi connectivity index (χ3v) is 2.22. The summed E-state index contributed by atoms with van der Waals surface area (Å²) >= 11 is 5.56. The van der Waals surface area contributed by atoms with Crippen LogP contribution >= 0.6 is 11.6 Å². The van der Waals surface area contributed by atoms with E-state index in [0.29, 0.717) is 6.54 Å². The number of hydrogen-bond donors (Lipinski definition) is 1. The smallest absolute Gasteiger partial charge is 0.224 e. The molecule has 0 aliphatic rings. The van der Waals surface area contributed by atoms with E-state index in [0.717, 1.165) is 25.6 Å². The zero-order valence-corrected chi connectivity index (χ0v) is 10.3. The number of unbranched alkanes of at least 4 members (excludes halogenated alkanes) is 1. The second kappa shape index (κ2) is 6.60. The number of anilines is 1. The van der Waals surface area contributed by atoms with Crippen LogP contribution in [0.2, 0.25) is 5.28 Å². The van der Waals surface area contributed by atoms with Crippen molar-refractivity contribution in [1.29, 1.82) is 0 Å². The van der Waals surface area contributed by atoms with Gasteiger partial charge >= 0.3 is 0 Å². The van der Waals surface area contributed by atoms with Gasteiger partial charge in [-0.15, -0.1) is 0 Å². The average molecular weight is 247 g/mol. The first-order chi connectivity index (χ1) is 7.59. The molecule has 1 aromatic heterocycles. The van der Waals surface area contributed by atoms with Gasteiger partial charge in [0.25, 0.3) is 0 Å². The highest BCUT2D eigenvalue weighted by Gasteiger charge is 2.04. The lowest BCUT2D eigenvalue weighted by Gasteiger charge is -2.09. The van der Waals surface area contributed by atoms with Crippen molar-refractivity contribution in [2.45, 2.75) is 12.8 Å². The highest BCUT2D eigenvalue weighted by molar-refractivity contribution is 6.28. The van der Waals surface area contributed by atoms with Crippen molar-refractivity contribution in [2.75, 3.05) is 32.5 Å². The quantitative estimate of drug-likeness (QED) is 0.616. The summed E-state index contributed by atoms with van der Waals surface area (Å²) in [4.78, 5) is 9.42. The zero-order valence-electron chi connectivity index (χ0n) is 9.50. The third kappa shape index (κ3) is 4.72. The minimum absolute atomic E-state index is 0.0530. The molecule has 0 fully saturated rings. The summed E-state index contributed by atoms with van der Waals surface area (Å²) in [5.41, 5.74) is 0. The van der Waals surface area contributed by atoms with Crippen LogP contribution in [0.5, 0.6) is 0 Å². The molecule has 0 spiro atoms. The fraction of sp³-hybridized carbons (Fsp3) is 0.600. The fourth-order valence-corrected chi connectivity index (χ4v) is 1.36. The van der Waals surface area contributed by atoms with E-state index in [1.54, 1.807) is 0 Å². The first-order valence-electron chi connectivity index (χ1n) is 5.16. The Balaban J connectivity index is 2.29. The second-order valence-corrected chi connectivity index (χ2v) is 4.11. The van der Waals surface area contributed by atoms with Gasteiger partial charge in [-0.1, -0.05) is 0 Å². The maximum absolute atomic E-state index is 13.2. The molecule has 0 bridgehead atoms. The zero-order chi connectivity index (χ0) is 12.0. The van der Waals surface area contributed by atoms with Crippen LogP contribution in [0, 0.1) is 5.82 Å². The molecular formula is C10H16ClFN4. The van der Waals surface area contributed by atoms with Gasteiger partial charge in [0, 0.05) is 6.54 Å². The minimum Gasteiger partial charge on any atom is -0.367 e. The Kier molecular flexibility index (Phi) is 5.42. The minimum atomic E-state index is -0.475. The van der Waals surface area contributed by atoms with Crippen molar-refractivity contribution in [3.05, 3.63) is 17.3 Å². The number of nitrogens with one attached hydrogen (secondary N) is 1. The molecule has 90 valence electrons. The van der Waals surface area contributed by atoms with E-state index in [2.05, 4.69) is 20.2 Å². The van der Waals surface area contributed by atoms with Gasteiger partial charge in [-0.25, -0.2) is 9.37 Å². The maximum Gasteiger partial charge on any atom is 0.224 e. The Morgan fingerprint density at radius 3 is 2.88 bits per heavy atom. The monoisotopic (exact) mass is 246 g/mol. The lowest BCUT2D eigenvalue weighted by molar-refractivity contribution is 0.396. The third-order valence-electron chi connectivity index (χ3n) is 2.04. The molecule has 0 aliphatic carbocycles. The molecule has 1 N–H and O–H groups in total. The molecule has 0 radical (unpaired) electrons. The van der Waals surface area contributed by atoms with E-state index in [9.17, 15) is 4.39 Å². The number of aromatic nitrogens is 2. The van der Waals surface area contributed by atoms with Gasteiger partial charge in [-0.3, -0.25) is 0 Å². The SMILES string of the molecule is CN(C)CCCCNc1nc(Cl)ncc1F. The standard InChI is InChI=1S/C10H16ClFN4/c1-16(2)6-4-3-5-13-9-8(12)7-14-10(11)15-9/h7H,3-6H2,1-2H3,(H,13,14,15). The molecular weight excluding hydrogens is 231 g/mol. The second-order valence-electron chi connectivity index (χ2n) is 3.77. The van der Waals surface area contributed by atoms with Gasteiger partial charge in [0.1, 0.15) is 0 Å². The van der Waals surface area contributed by atoms with Crippen molar-refractivity contribution in [3.8, 4) is 0 Å². The van der Waals surface area contributed by atoms with Crippen molar-refractivity contribution >= 4 is 17.4 Å². The Morgan fingerprint density at radius 2 is 2.19 bits per heavy atom. The van der Waals surface area contributed by atoms with Gasteiger partial charge in [0.15, 0.2) is 11.6 Å². The maximum atomic E-state index is 13.2. The van der Waals surface area contributed by atoms with E-state index < -0.39 is 5.82 Å². The number of rotatable bonds is 6. The summed E-state index contributed by atoms with van der Waals surface area (Å²) in [5, 5.41) is 2.95. The predicted molar refractivity (Wildman–Crippen MR) is 63.3 cm³/mol. The van der Waals surface area contributed by atoms with Gasteiger partial charge in [-0.05, 0) is 45.1 Å². The van der Waals surface area contributed by atoms with Crippen LogP contribution < -0.4 is 5.32 Å². The molecule has 16 heavy (non-hydrogen) atoms. The lowest BCUT2D eigenvalue weighted by atomic mass is 10.3. The Hall–Kier alpha value is -0.940. The molecule has 1 heterocycles. The molecule has 0 aliphatic heterocycles. The van der Waals surface area contributed by atoms with Crippen LogP contribution in [-0.4, -0.2) is 42.1 Å². The van der Waals surface area contributed by atoms with Crippen LogP contribution in [0.25, 0.3) is 0 Å². The summed E-state index contributed by atoms with van der Waals surface area (Å²) in [7, 11) is 4.05. The van der Waals surface area contributed by atoms with Gasteiger partial charge in [0.2, 0.25) is 5.28 Å². The molecule has 6 heteroatoms. The van der Waals surface area contributed by atoms with Gasteiger partial charge < -0.3 is 10.2 Å². The van der Waals surface area contributed by atoms with E-state index >= 15 is 0 Å². The van der Waals surface area contributed by atoms with Crippen LogP contribution in [0.4, 0.5) is 10.2 Å². The van der Waals surface area contributed by atoms with E-state index in [1.165, 1.54) is 0 Å². The lowest BCUT2D eigenvalue weighted by Crippen LogP contribution is -2.14. The molecule has 0 aromatic carbocycles. The van der Waals surface area contributed by atoms with Crippen LogP contribution in [0.3, 0.4) is 0 Å². The van der Waals surface area contributed by atoms with Crippen LogP contribution in [0.1, 0.15) is 12.8 Å². The normalized spacial score (nSPS) is 10.8.